The fraction of sp³-hybridized carbons (Fsp3) is 0.286. The SMILES string of the molecule is COC(CNC(=O)Cc1c[nH]c2ccc(Cl)cc12)C(=O)O. The predicted molar refractivity (Wildman–Crippen MR) is 78.5 cm³/mol. The van der Waals surface area contributed by atoms with Gasteiger partial charge in [0.25, 0.3) is 0 Å². The Hall–Kier alpha value is -2.05. The van der Waals surface area contributed by atoms with Crippen LogP contribution in [0.1, 0.15) is 5.56 Å². The second-order valence-electron chi connectivity index (χ2n) is 4.55. The number of carbonyl (C=O) groups is 2. The Bertz CT molecular complexity index is 668. The molecular weight excluding hydrogens is 296 g/mol. The summed E-state index contributed by atoms with van der Waals surface area (Å²) in [6, 6.07) is 5.38. The third-order valence-electron chi connectivity index (χ3n) is 3.13. The lowest BCUT2D eigenvalue weighted by atomic mass is 10.1. The second-order valence-corrected chi connectivity index (χ2v) is 4.98. The van der Waals surface area contributed by atoms with E-state index in [0.29, 0.717) is 5.02 Å². The van der Waals surface area contributed by atoms with E-state index in [2.05, 4.69) is 10.3 Å². The molecule has 1 amide bonds. The first-order valence-electron chi connectivity index (χ1n) is 6.29. The minimum Gasteiger partial charge on any atom is -0.479 e. The average Bonchev–Trinajstić information content (AvgIpc) is 2.81. The molecule has 2 rings (SSSR count). The highest BCUT2D eigenvalue weighted by Gasteiger charge is 2.17. The number of aromatic nitrogens is 1. The maximum absolute atomic E-state index is 11.9. The Morgan fingerprint density at radius 3 is 2.90 bits per heavy atom. The van der Waals surface area contributed by atoms with Crippen LogP contribution in [0.5, 0.6) is 0 Å². The monoisotopic (exact) mass is 310 g/mol. The molecule has 1 aromatic carbocycles. The number of carboxylic acids is 1. The van der Waals surface area contributed by atoms with Gasteiger partial charge in [0.1, 0.15) is 0 Å². The normalized spacial score (nSPS) is 12.3. The van der Waals surface area contributed by atoms with Crippen molar-refractivity contribution in [1.29, 1.82) is 0 Å². The molecule has 6 nitrogen and oxygen atoms in total. The van der Waals surface area contributed by atoms with Gasteiger partial charge in [0.15, 0.2) is 6.10 Å². The number of aromatic amines is 1. The van der Waals surface area contributed by atoms with Gasteiger partial charge in [-0.2, -0.15) is 0 Å². The van der Waals surface area contributed by atoms with E-state index < -0.39 is 12.1 Å². The summed E-state index contributed by atoms with van der Waals surface area (Å²) >= 11 is 5.94. The maximum atomic E-state index is 11.9. The Morgan fingerprint density at radius 1 is 1.48 bits per heavy atom. The van der Waals surface area contributed by atoms with Crippen molar-refractivity contribution in [3.63, 3.8) is 0 Å². The number of H-pyrrole nitrogens is 1. The molecule has 0 saturated heterocycles. The number of rotatable bonds is 6. The zero-order valence-electron chi connectivity index (χ0n) is 11.4. The number of amides is 1. The number of hydrogen-bond acceptors (Lipinski definition) is 3. The van der Waals surface area contributed by atoms with E-state index in [1.807, 2.05) is 6.07 Å². The van der Waals surface area contributed by atoms with Gasteiger partial charge in [-0.25, -0.2) is 4.79 Å². The van der Waals surface area contributed by atoms with Crippen molar-refractivity contribution < 1.29 is 19.4 Å². The van der Waals surface area contributed by atoms with Crippen molar-refractivity contribution >= 4 is 34.4 Å². The van der Waals surface area contributed by atoms with E-state index in [-0.39, 0.29) is 18.9 Å². The quantitative estimate of drug-likeness (QED) is 0.755. The topological polar surface area (TPSA) is 91.4 Å². The van der Waals surface area contributed by atoms with Crippen LogP contribution in [-0.4, -0.2) is 41.7 Å². The van der Waals surface area contributed by atoms with Crippen LogP contribution in [0.25, 0.3) is 10.9 Å². The number of benzene rings is 1. The summed E-state index contributed by atoms with van der Waals surface area (Å²) in [4.78, 5) is 25.7. The van der Waals surface area contributed by atoms with Gasteiger partial charge in [0, 0.05) is 29.2 Å². The van der Waals surface area contributed by atoms with E-state index in [1.54, 1.807) is 18.3 Å². The van der Waals surface area contributed by atoms with E-state index in [4.69, 9.17) is 21.4 Å². The highest BCUT2D eigenvalue weighted by atomic mass is 35.5. The van der Waals surface area contributed by atoms with Crippen molar-refractivity contribution in [2.24, 2.45) is 0 Å². The zero-order chi connectivity index (χ0) is 15.4. The Morgan fingerprint density at radius 2 is 2.24 bits per heavy atom. The number of fused-ring (bicyclic) bond motifs is 1. The van der Waals surface area contributed by atoms with Crippen LogP contribution in [0.15, 0.2) is 24.4 Å². The van der Waals surface area contributed by atoms with Crippen molar-refractivity contribution in [2.45, 2.75) is 12.5 Å². The first-order valence-corrected chi connectivity index (χ1v) is 6.67. The van der Waals surface area contributed by atoms with Crippen molar-refractivity contribution in [1.82, 2.24) is 10.3 Å². The number of aliphatic carboxylic acids is 1. The van der Waals surface area contributed by atoms with Crippen molar-refractivity contribution in [3.05, 3.63) is 35.0 Å². The molecule has 7 heteroatoms. The van der Waals surface area contributed by atoms with Gasteiger partial charge in [-0.1, -0.05) is 11.6 Å². The van der Waals surface area contributed by atoms with Gasteiger partial charge in [-0.3, -0.25) is 4.79 Å². The molecule has 1 heterocycles. The number of halogens is 1. The Labute approximate surface area is 126 Å². The summed E-state index contributed by atoms with van der Waals surface area (Å²) in [5.41, 5.74) is 1.69. The third kappa shape index (κ3) is 3.74. The van der Waals surface area contributed by atoms with Crippen LogP contribution in [0, 0.1) is 0 Å². The molecule has 0 spiro atoms. The molecule has 21 heavy (non-hydrogen) atoms. The van der Waals surface area contributed by atoms with Gasteiger partial charge >= 0.3 is 5.97 Å². The number of carbonyl (C=O) groups excluding carboxylic acids is 1. The molecule has 0 aliphatic heterocycles. The predicted octanol–water partition coefficient (Wildman–Crippen LogP) is 1.58. The van der Waals surface area contributed by atoms with E-state index in [9.17, 15) is 9.59 Å². The van der Waals surface area contributed by atoms with Crippen LogP contribution in [0.4, 0.5) is 0 Å². The molecule has 1 unspecified atom stereocenters. The molecule has 0 bridgehead atoms. The summed E-state index contributed by atoms with van der Waals surface area (Å²) in [6.07, 6.45) is 0.827. The number of hydrogen-bond donors (Lipinski definition) is 3. The van der Waals surface area contributed by atoms with Crippen molar-refractivity contribution in [3.8, 4) is 0 Å². The third-order valence-corrected chi connectivity index (χ3v) is 3.36. The zero-order valence-corrected chi connectivity index (χ0v) is 12.1. The summed E-state index contributed by atoms with van der Waals surface area (Å²) in [5, 5.41) is 12.8. The van der Waals surface area contributed by atoms with E-state index in [1.165, 1.54) is 7.11 Å². The number of ether oxygens (including phenoxy) is 1. The minimum atomic E-state index is -1.11. The highest BCUT2D eigenvalue weighted by Crippen LogP contribution is 2.22. The summed E-state index contributed by atoms with van der Waals surface area (Å²) in [6.45, 7) is -0.0756. The summed E-state index contributed by atoms with van der Waals surface area (Å²) < 4.78 is 4.75. The molecule has 112 valence electrons. The first-order chi connectivity index (χ1) is 10.0. The number of nitrogens with one attached hydrogen (secondary N) is 2. The number of carboxylic acid groups (broad SMARTS) is 1. The minimum absolute atomic E-state index is 0.0756. The van der Waals surface area contributed by atoms with E-state index in [0.717, 1.165) is 16.5 Å². The van der Waals surface area contributed by atoms with Crippen molar-refractivity contribution in [2.75, 3.05) is 13.7 Å². The molecule has 0 aliphatic carbocycles. The lowest BCUT2D eigenvalue weighted by molar-refractivity contribution is -0.148. The van der Waals surface area contributed by atoms with Gasteiger partial charge in [0.05, 0.1) is 13.0 Å². The Kier molecular flexibility index (Phi) is 4.82. The Balaban J connectivity index is 2.01. The fourth-order valence-electron chi connectivity index (χ4n) is 2.01. The fourth-order valence-corrected chi connectivity index (χ4v) is 2.18. The van der Waals surface area contributed by atoms with Gasteiger partial charge in [0.2, 0.25) is 5.91 Å². The molecule has 0 saturated carbocycles. The van der Waals surface area contributed by atoms with Gasteiger partial charge in [-0.05, 0) is 23.8 Å². The largest absolute Gasteiger partial charge is 0.479 e. The molecule has 0 radical (unpaired) electrons. The summed E-state index contributed by atoms with van der Waals surface area (Å²) in [7, 11) is 1.28. The smallest absolute Gasteiger partial charge is 0.334 e. The van der Waals surface area contributed by atoms with Crippen LogP contribution in [0.2, 0.25) is 5.02 Å². The number of methoxy groups -OCH3 is 1. The molecule has 1 aromatic heterocycles. The van der Waals surface area contributed by atoms with Gasteiger partial charge in [-0.15, -0.1) is 0 Å². The molecule has 2 aromatic rings. The summed E-state index contributed by atoms with van der Waals surface area (Å²) in [5.74, 6) is -1.39. The van der Waals surface area contributed by atoms with Crippen LogP contribution in [0.3, 0.4) is 0 Å². The first kappa shape index (κ1) is 15.3. The average molecular weight is 311 g/mol. The van der Waals surface area contributed by atoms with Crippen LogP contribution < -0.4 is 5.32 Å². The van der Waals surface area contributed by atoms with Crippen LogP contribution >= 0.6 is 11.6 Å². The second kappa shape index (κ2) is 6.60. The van der Waals surface area contributed by atoms with Crippen LogP contribution in [-0.2, 0) is 20.7 Å². The van der Waals surface area contributed by atoms with E-state index >= 15 is 0 Å². The van der Waals surface area contributed by atoms with Gasteiger partial charge < -0.3 is 20.1 Å². The molecule has 0 fully saturated rings. The lowest BCUT2D eigenvalue weighted by Crippen LogP contribution is -2.38. The molecular formula is C14H15ClN2O4. The highest BCUT2D eigenvalue weighted by molar-refractivity contribution is 6.31. The lowest BCUT2D eigenvalue weighted by Gasteiger charge is -2.11. The standard InChI is InChI=1S/C14H15ClN2O4/c1-21-12(14(19)20)7-17-13(18)4-8-6-16-11-3-2-9(15)5-10(8)11/h2-3,5-6,12,16H,4,7H2,1H3,(H,17,18)(H,19,20). The molecule has 1 atom stereocenters. The molecule has 3 N–H and O–H groups in total. The molecule has 0 aliphatic rings. The maximum Gasteiger partial charge on any atom is 0.334 e.